The van der Waals surface area contributed by atoms with Gasteiger partial charge in [-0.15, -0.1) is 0 Å². The van der Waals surface area contributed by atoms with Crippen molar-refractivity contribution in [3.63, 3.8) is 0 Å². The van der Waals surface area contributed by atoms with Gasteiger partial charge >= 0.3 is 17.9 Å². The molecule has 0 rings (SSSR count). The van der Waals surface area contributed by atoms with E-state index in [1.165, 1.54) is 231 Å². The number of allylic oxidation sites excluding steroid dienone is 10. The number of hydrogen-bond donors (Lipinski definition) is 0. The van der Waals surface area contributed by atoms with Gasteiger partial charge in [-0.1, -0.05) is 313 Å². The molecule has 0 aromatic carbocycles. The van der Waals surface area contributed by atoms with E-state index in [-0.39, 0.29) is 31.1 Å². The van der Waals surface area contributed by atoms with Gasteiger partial charge < -0.3 is 14.2 Å². The molecule has 448 valence electrons. The van der Waals surface area contributed by atoms with Crippen molar-refractivity contribution in [3.05, 3.63) is 60.8 Å². The zero-order chi connectivity index (χ0) is 55.7. The molecule has 0 saturated heterocycles. The van der Waals surface area contributed by atoms with E-state index >= 15 is 0 Å². The first-order valence-corrected chi connectivity index (χ1v) is 33.8. The Kier molecular flexibility index (Phi) is 63.2. The van der Waals surface area contributed by atoms with E-state index < -0.39 is 6.10 Å². The van der Waals surface area contributed by atoms with E-state index in [1.54, 1.807) is 0 Å². The van der Waals surface area contributed by atoms with Crippen LogP contribution in [0.5, 0.6) is 0 Å². The first kappa shape index (κ1) is 74.1. The van der Waals surface area contributed by atoms with Crippen LogP contribution < -0.4 is 0 Å². The van der Waals surface area contributed by atoms with Crippen molar-refractivity contribution in [2.75, 3.05) is 13.2 Å². The summed E-state index contributed by atoms with van der Waals surface area (Å²) >= 11 is 0. The second kappa shape index (κ2) is 65.6. The van der Waals surface area contributed by atoms with Crippen molar-refractivity contribution < 1.29 is 28.6 Å². The summed E-state index contributed by atoms with van der Waals surface area (Å²) in [7, 11) is 0. The van der Waals surface area contributed by atoms with Crippen LogP contribution in [0.2, 0.25) is 0 Å². The second-order valence-corrected chi connectivity index (χ2v) is 22.7. The van der Waals surface area contributed by atoms with Crippen LogP contribution in [-0.4, -0.2) is 37.2 Å². The SMILES string of the molecule is CC/C=C\C/C=C\C/C=C\C/C=C\CCCCC(=O)OCC(COC(=O)CCCCCCCCCCCCCCCCCCCCCCCCCCCCC)OC(=O)CCCCCCCCC/C=C\CCCCCCCC. The molecule has 0 aromatic heterocycles. The predicted octanol–water partition coefficient (Wildman–Crippen LogP) is 23.1. The molecule has 0 aliphatic heterocycles. The number of hydrogen-bond acceptors (Lipinski definition) is 6. The van der Waals surface area contributed by atoms with Crippen LogP contribution in [-0.2, 0) is 28.6 Å². The minimum Gasteiger partial charge on any atom is -0.462 e. The summed E-state index contributed by atoms with van der Waals surface area (Å²) in [4.78, 5) is 38.3. The molecule has 0 amide bonds. The molecule has 0 aromatic rings. The molecule has 0 fully saturated rings. The molecule has 6 heteroatoms. The van der Waals surface area contributed by atoms with Gasteiger partial charge in [0.2, 0.25) is 0 Å². The summed E-state index contributed by atoms with van der Waals surface area (Å²) in [6.45, 7) is 6.54. The van der Waals surface area contributed by atoms with Gasteiger partial charge in [0.1, 0.15) is 13.2 Å². The number of unbranched alkanes of at least 4 members (excludes halogenated alkanes) is 41. The lowest BCUT2D eigenvalue weighted by molar-refractivity contribution is -0.167. The van der Waals surface area contributed by atoms with E-state index in [9.17, 15) is 14.4 Å². The van der Waals surface area contributed by atoms with Gasteiger partial charge in [-0.2, -0.15) is 0 Å². The fourth-order valence-corrected chi connectivity index (χ4v) is 9.96. The van der Waals surface area contributed by atoms with Crippen molar-refractivity contribution in [3.8, 4) is 0 Å². The Hall–Kier alpha value is -2.89. The second-order valence-electron chi connectivity index (χ2n) is 22.7. The van der Waals surface area contributed by atoms with Gasteiger partial charge in [-0.3, -0.25) is 14.4 Å². The van der Waals surface area contributed by atoms with Crippen molar-refractivity contribution in [2.45, 2.75) is 361 Å². The topological polar surface area (TPSA) is 78.9 Å². The standard InChI is InChI=1S/C71H128O6/c1-4-7-10-13-16-19-22-25-28-30-31-32-33-34-35-36-37-38-39-41-43-46-49-52-55-58-61-64-70(73)76-67-68(66-75-69(72)63-60-57-54-51-48-45-42-27-24-21-18-15-12-9-6-3)77-71(74)65-62-59-56-53-50-47-44-40-29-26-23-20-17-14-11-8-5-2/h9,12,18,21,26-27,29,42,48,51,68H,4-8,10-11,13-17,19-20,22-25,28,30-41,43-47,49-50,52-67H2,1-3H3/b12-9-,21-18-,29-26-,42-27-,51-48-. The number of esters is 3. The zero-order valence-corrected chi connectivity index (χ0v) is 51.5. The number of carbonyl (C=O) groups excluding carboxylic acids is 3. The molecule has 0 aliphatic rings. The molecule has 0 N–H and O–H groups in total. The fraction of sp³-hybridized carbons (Fsp3) is 0.817. The molecule has 1 atom stereocenters. The highest BCUT2D eigenvalue weighted by atomic mass is 16.6. The largest absolute Gasteiger partial charge is 0.462 e. The van der Waals surface area contributed by atoms with Crippen molar-refractivity contribution >= 4 is 17.9 Å². The van der Waals surface area contributed by atoms with Gasteiger partial charge in [-0.25, -0.2) is 0 Å². The molecule has 77 heavy (non-hydrogen) atoms. The first-order valence-electron chi connectivity index (χ1n) is 33.8. The van der Waals surface area contributed by atoms with Crippen molar-refractivity contribution in [1.29, 1.82) is 0 Å². The molecular formula is C71H128O6. The Bertz CT molecular complexity index is 1380. The third-order valence-corrected chi connectivity index (χ3v) is 15.0. The van der Waals surface area contributed by atoms with Crippen LogP contribution in [0.4, 0.5) is 0 Å². The van der Waals surface area contributed by atoms with E-state index in [1.807, 2.05) is 0 Å². The average molecular weight is 1080 g/mol. The van der Waals surface area contributed by atoms with Crippen LogP contribution in [0.3, 0.4) is 0 Å². The lowest BCUT2D eigenvalue weighted by atomic mass is 10.0. The normalized spacial score (nSPS) is 12.4. The van der Waals surface area contributed by atoms with Crippen LogP contribution in [0, 0.1) is 0 Å². The highest BCUT2D eigenvalue weighted by Gasteiger charge is 2.19. The smallest absolute Gasteiger partial charge is 0.306 e. The lowest BCUT2D eigenvalue weighted by Crippen LogP contribution is -2.30. The summed E-state index contributed by atoms with van der Waals surface area (Å²) < 4.78 is 16.9. The summed E-state index contributed by atoms with van der Waals surface area (Å²) in [6, 6.07) is 0. The van der Waals surface area contributed by atoms with E-state index in [2.05, 4.69) is 81.5 Å². The number of rotatable bonds is 62. The lowest BCUT2D eigenvalue weighted by Gasteiger charge is -2.18. The minimum atomic E-state index is -0.793. The maximum atomic E-state index is 12.9. The quantitative estimate of drug-likeness (QED) is 0.0261. The maximum Gasteiger partial charge on any atom is 0.306 e. The van der Waals surface area contributed by atoms with Gasteiger partial charge in [0, 0.05) is 19.3 Å². The Morgan fingerprint density at radius 2 is 0.506 bits per heavy atom. The molecule has 1 unspecified atom stereocenters. The molecule has 6 nitrogen and oxygen atoms in total. The molecule has 0 saturated carbocycles. The summed E-state index contributed by atoms with van der Waals surface area (Å²) in [6.07, 6.45) is 84.0. The third kappa shape index (κ3) is 63.8. The van der Waals surface area contributed by atoms with E-state index in [0.29, 0.717) is 19.3 Å². The molecule has 0 bridgehead atoms. The Labute approximate surface area is 479 Å². The van der Waals surface area contributed by atoms with Crippen LogP contribution in [0.15, 0.2) is 60.8 Å². The van der Waals surface area contributed by atoms with E-state index in [0.717, 1.165) is 83.5 Å². The monoisotopic (exact) mass is 1080 g/mol. The summed E-state index contributed by atoms with van der Waals surface area (Å²) in [5, 5.41) is 0. The Balaban J connectivity index is 4.26. The van der Waals surface area contributed by atoms with Gasteiger partial charge in [0.25, 0.3) is 0 Å². The van der Waals surface area contributed by atoms with Gasteiger partial charge in [0.15, 0.2) is 6.10 Å². The molecule has 0 spiro atoms. The summed E-state index contributed by atoms with van der Waals surface area (Å²) in [5.41, 5.74) is 0. The average Bonchev–Trinajstić information content (AvgIpc) is 3.43. The Morgan fingerprint density at radius 1 is 0.273 bits per heavy atom. The van der Waals surface area contributed by atoms with Gasteiger partial charge in [-0.05, 0) is 83.5 Å². The van der Waals surface area contributed by atoms with Crippen LogP contribution >= 0.6 is 0 Å². The van der Waals surface area contributed by atoms with Crippen LogP contribution in [0.1, 0.15) is 355 Å². The van der Waals surface area contributed by atoms with Crippen molar-refractivity contribution in [2.24, 2.45) is 0 Å². The van der Waals surface area contributed by atoms with Gasteiger partial charge in [0.05, 0.1) is 0 Å². The molecule has 0 aliphatic carbocycles. The molecular weight excluding hydrogens is 949 g/mol. The number of carbonyl (C=O) groups is 3. The van der Waals surface area contributed by atoms with Crippen LogP contribution in [0.25, 0.3) is 0 Å². The maximum absolute atomic E-state index is 12.9. The zero-order valence-electron chi connectivity index (χ0n) is 51.5. The molecule has 0 radical (unpaired) electrons. The minimum absolute atomic E-state index is 0.0859. The van der Waals surface area contributed by atoms with Crippen molar-refractivity contribution in [1.82, 2.24) is 0 Å². The predicted molar refractivity (Wildman–Crippen MR) is 335 cm³/mol. The summed E-state index contributed by atoms with van der Waals surface area (Å²) in [5.74, 6) is -0.914. The van der Waals surface area contributed by atoms with E-state index in [4.69, 9.17) is 14.2 Å². The fourth-order valence-electron chi connectivity index (χ4n) is 9.96. The highest BCUT2D eigenvalue weighted by Crippen LogP contribution is 2.18. The number of ether oxygens (including phenoxy) is 3. The first-order chi connectivity index (χ1) is 38.0. The third-order valence-electron chi connectivity index (χ3n) is 15.0. The Morgan fingerprint density at radius 3 is 0.831 bits per heavy atom. The molecule has 0 heterocycles. The highest BCUT2D eigenvalue weighted by molar-refractivity contribution is 5.71.